The molecule has 0 aliphatic carbocycles. The van der Waals surface area contributed by atoms with E-state index in [-0.39, 0.29) is 6.09 Å². The van der Waals surface area contributed by atoms with Crippen molar-refractivity contribution in [3.8, 4) is 11.3 Å². The Morgan fingerprint density at radius 3 is 2.42 bits per heavy atom. The van der Waals surface area contributed by atoms with E-state index in [1.165, 1.54) is 0 Å². The standard InChI is InChI=1S/C26H29N5O2/c1-26(2,3)33-25(32)31-13-11-17(12-14-31)20-7-9-24-23(27-20)10-8-21(28-24)18-5-6-22-19(15-18)16-30(4)29-22/h5-10,15-17H,11-14H2,1-4H3. The number of carbonyl (C=O) groups excluding carboxylic acids is 1. The number of amides is 1. The van der Waals surface area contributed by atoms with Crippen LogP contribution in [0.25, 0.3) is 33.2 Å². The monoisotopic (exact) mass is 443 g/mol. The molecule has 7 nitrogen and oxygen atoms in total. The molecule has 1 amide bonds. The summed E-state index contributed by atoms with van der Waals surface area (Å²) in [7, 11) is 1.93. The normalized spacial score (nSPS) is 15.3. The Balaban J connectivity index is 1.32. The lowest BCUT2D eigenvalue weighted by molar-refractivity contribution is 0.0204. The molecule has 0 atom stereocenters. The number of hydrogen-bond donors (Lipinski definition) is 0. The predicted molar refractivity (Wildman–Crippen MR) is 129 cm³/mol. The number of piperidine rings is 1. The van der Waals surface area contributed by atoms with E-state index in [0.29, 0.717) is 19.0 Å². The zero-order chi connectivity index (χ0) is 23.2. The van der Waals surface area contributed by atoms with Gasteiger partial charge in [0.2, 0.25) is 0 Å². The fourth-order valence-electron chi connectivity index (χ4n) is 4.41. The van der Waals surface area contributed by atoms with Crippen LogP contribution < -0.4 is 0 Å². The first kappa shape index (κ1) is 21.4. The molecule has 0 saturated carbocycles. The highest BCUT2D eigenvalue weighted by atomic mass is 16.6. The Labute approximate surface area is 193 Å². The van der Waals surface area contributed by atoms with Crippen molar-refractivity contribution < 1.29 is 9.53 Å². The molecule has 0 N–H and O–H groups in total. The van der Waals surface area contributed by atoms with E-state index in [1.54, 1.807) is 4.90 Å². The number of aryl methyl sites for hydroxylation is 1. The van der Waals surface area contributed by atoms with Gasteiger partial charge in [0.05, 0.1) is 22.2 Å². The van der Waals surface area contributed by atoms with Gasteiger partial charge in [-0.2, -0.15) is 5.10 Å². The van der Waals surface area contributed by atoms with Crippen LogP contribution in [0.2, 0.25) is 0 Å². The van der Waals surface area contributed by atoms with Crippen LogP contribution in [0.1, 0.15) is 45.2 Å². The number of aromatic nitrogens is 4. The third-order valence-corrected chi connectivity index (χ3v) is 6.04. The number of pyridine rings is 2. The quantitative estimate of drug-likeness (QED) is 0.420. The van der Waals surface area contributed by atoms with Crippen molar-refractivity contribution in [3.63, 3.8) is 0 Å². The Bertz CT molecular complexity index is 1330. The second-order valence-corrected chi connectivity index (χ2v) is 9.79. The van der Waals surface area contributed by atoms with Gasteiger partial charge < -0.3 is 9.64 Å². The fraction of sp³-hybridized carbons (Fsp3) is 0.385. The Morgan fingerprint density at radius 2 is 1.67 bits per heavy atom. The summed E-state index contributed by atoms with van der Waals surface area (Å²) in [5.41, 5.74) is 5.35. The number of likely N-dealkylation sites (tertiary alicyclic amines) is 1. The molecule has 5 rings (SSSR count). The molecule has 4 heterocycles. The Morgan fingerprint density at radius 1 is 0.970 bits per heavy atom. The fourth-order valence-corrected chi connectivity index (χ4v) is 4.41. The van der Waals surface area contributed by atoms with Crippen molar-refractivity contribution in [1.29, 1.82) is 0 Å². The molecule has 0 bridgehead atoms. The average Bonchev–Trinajstić information content (AvgIpc) is 3.16. The van der Waals surface area contributed by atoms with Gasteiger partial charge in [0.15, 0.2) is 0 Å². The summed E-state index contributed by atoms with van der Waals surface area (Å²) >= 11 is 0. The number of carbonyl (C=O) groups is 1. The van der Waals surface area contributed by atoms with Gasteiger partial charge in [-0.25, -0.2) is 9.78 Å². The number of nitrogens with zero attached hydrogens (tertiary/aromatic N) is 5. The van der Waals surface area contributed by atoms with Gasteiger partial charge in [-0.15, -0.1) is 0 Å². The Kier molecular flexibility index (Phi) is 5.27. The van der Waals surface area contributed by atoms with E-state index in [9.17, 15) is 4.79 Å². The highest BCUT2D eigenvalue weighted by Crippen LogP contribution is 2.30. The topological polar surface area (TPSA) is 73.1 Å². The van der Waals surface area contributed by atoms with E-state index in [4.69, 9.17) is 14.7 Å². The van der Waals surface area contributed by atoms with Crippen molar-refractivity contribution in [2.75, 3.05) is 13.1 Å². The first-order valence-corrected chi connectivity index (χ1v) is 11.4. The van der Waals surface area contributed by atoms with E-state index >= 15 is 0 Å². The second kappa shape index (κ2) is 8.14. The minimum Gasteiger partial charge on any atom is -0.444 e. The summed E-state index contributed by atoms with van der Waals surface area (Å²) in [5, 5.41) is 5.54. The van der Waals surface area contributed by atoms with E-state index in [1.807, 2.05) is 56.9 Å². The lowest BCUT2D eigenvalue weighted by Crippen LogP contribution is -2.41. The summed E-state index contributed by atoms with van der Waals surface area (Å²) in [6.07, 6.45) is 3.55. The van der Waals surface area contributed by atoms with Crippen molar-refractivity contribution in [3.05, 3.63) is 54.4 Å². The SMILES string of the molecule is Cn1cc2cc(-c3ccc4nc(C5CCN(C(=O)OC(C)(C)C)CC5)ccc4n3)ccc2n1. The number of fused-ring (bicyclic) bond motifs is 2. The maximum absolute atomic E-state index is 12.3. The minimum absolute atomic E-state index is 0.228. The molecular formula is C26H29N5O2. The third-order valence-electron chi connectivity index (χ3n) is 6.04. The van der Waals surface area contributed by atoms with Crippen molar-refractivity contribution in [1.82, 2.24) is 24.6 Å². The van der Waals surface area contributed by atoms with Gasteiger partial charge in [-0.3, -0.25) is 9.67 Å². The molecule has 1 aromatic carbocycles. The smallest absolute Gasteiger partial charge is 0.410 e. The first-order chi connectivity index (χ1) is 15.7. The van der Waals surface area contributed by atoms with Gasteiger partial charge in [-0.05, 0) is 70.0 Å². The molecule has 7 heteroatoms. The maximum atomic E-state index is 12.3. The largest absolute Gasteiger partial charge is 0.444 e. The van der Waals surface area contributed by atoms with Crippen LogP contribution in [0.4, 0.5) is 4.79 Å². The van der Waals surface area contributed by atoms with Crippen LogP contribution in [0.5, 0.6) is 0 Å². The number of benzene rings is 1. The third kappa shape index (κ3) is 4.53. The molecule has 0 spiro atoms. The van der Waals surface area contributed by atoms with Gasteiger partial charge in [0.1, 0.15) is 5.60 Å². The summed E-state index contributed by atoms with van der Waals surface area (Å²) in [5.74, 6) is 0.334. The number of ether oxygens (including phenoxy) is 1. The van der Waals surface area contributed by atoms with Gasteiger partial charge >= 0.3 is 6.09 Å². The molecule has 1 fully saturated rings. The zero-order valence-corrected chi connectivity index (χ0v) is 19.6. The highest BCUT2D eigenvalue weighted by Gasteiger charge is 2.28. The summed E-state index contributed by atoms with van der Waals surface area (Å²) in [6.45, 7) is 7.06. The van der Waals surface area contributed by atoms with Crippen LogP contribution in [-0.4, -0.2) is 49.4 Å². The maximum Gasteiger partial charge on any atom is 0.410 e. The number of hydrogen-bond acceptors (Lipinski definition) is 5. The summed E-state index contributed by atoms with van der Waals surface area (Å²) in [6, 6.07) is 14.4. The van der Waals surface area contributed by atoms with Crippen LogP contribution in [0.15, 0.2) is 48.7 Å². The van der Waals surface area contributed by atoms with Crippen LogP contribution in [-0.2, 0) is 11.8 Å². The zero-order valence-electron chi connectivity index (χ0n) is 19.6. The van der Waals surface area contributed by atoms with Crippen LogP contribution >= 0.6 is 0 Å². The molecule has 170 valence electrons. The molecular weight excluding hydrogens is 414 g/mol. The predicted octanol–water partition coefficient (Wildman–Crippen LogP) is 5.30. The van der Waals surface area contributed by atoms with Crippen molar-refractivity contribution in [2.45, 2.75) is 45.1 Å². The molecule has 33 heavy (non-hydrogen) atoms. The van der Waals surface area contributed by atoms with Crippen LogP contribution in [0, 0.1) is 0 Å². The molecule has 1 aliphatic rings. The first-order valence-electron chi connectivity index (χ1n) is 11.4. The molecule has 1 aliphatic heterocycles. The second-order valence-electron chi connectivity index (χ2n) is 9.79. The average molecular weight is 444 g/mol. The lowest BCUT2D eigenvalue weighted by Gasteiger charge is -2.33. The Hall–Kier alpha value is -3.48. The van der Waals surface area contributed by atoms with Gasteiger partial charge in [-0.1, -0.05) is 6.07 Å². The van der Waals surface area contributed by atoms with E-state index < -0.39 is 5.60 Å². The van der Waals surface area contributed by atoms with E-state index in [0.717, 1.165) is 51.7 Å². The summed E-state index contributed by atoms with van der Waals surface area (Å²) in [4.78, 5) is 23.9. The molecule has 3 aromatic heterocycles. The lowest BCUT2D eigenvalue weighted by atomic mass is 9.93. The minimum atomic E-state index is -0.469. The summed E-state index contributed by atoms with van der Waals surface area (Å²) < 4.78 is 7.33. The van der Waals surface area contributed by atoms with Gasteiger partial charge in [0, 0.05) is 48.9 Å². The van der Waals surface area contributed by atoms with Crippen molar-refractivity contribution in [2.24, 2.45) is 7.05 Å². The molecule has 0 radical (unpaired) electrons. The highest BCUT2D eigenvalue weighted by molar-refractivity contribution is 5.85. The molecule has 4 aromatic rings. The number of rotatable bonds is 2. The molecule has 0 unspecified atom stereocenters. The van der Waals surface area contributed by atoms with Crippen LogP contribution in [0.3, 0.4) is 0 Å². The van der Waals surface area contributed by atoms with Gasteiger partial charge in [0.25, 0.3) is 0 Å². The van der Waals surface area contributed by atoms with Crippen molar-refractivity contribution >= 4 is 28.0 Å². The molecule has 1 saturated heterocycles. The van der Waals surface area contributed by atoms with E-state index in [2.05, 4.69) is 29.4 Å².